The highest BCUT2D eigenvalue weighted by molar-refractivity contribution is 5.31. The predicted molar refractivity (Wildman–Crippen MR) is 48.6 cm³/mol. The van der Waals surface area contributed by atoms with Gasteiger partial charge in [0.1, 0.15) is 5.75 Å². The van der Waals surface area contributed by atoms with Gasteiger partial charge in [-0.2, -0.15) is 0 Å². The fourth-order valence-electron chi connectivity index (χ4n) is 0.979. The van der Waals surface area contributed by atoms with E-state index < -0.39 is 0 Å². The predicted octanol–water partition coefficient (Wildman–Crippen LogP) is 0.958. The summed E-state index contributed by atoms with van der Waals surface area (Å²) in [6.07, 6.45) is 0. The molecule has 3 heteroatoms. The van der Waals surface area contributed by atoms with Crippen LogP contribution >= 0.6 is 0 Å². The smallest absolute Gasteiger partial charge is 0.120 e. The quantitative estimate of drug-likeness (QED) is 0.656. The first kappa shape index (κ1) is 9.03. The highest BCUT2D eigenvalue weighted by Gasteiger charge is 2.01. The number of para-hydroxylation sites is 1. The summed E-state index contributed by atoms with van der Waals surface area (Å²) in [6, 6.07) is 7.33. The van der Waals surface area contributed by atoms with Gasteiger partial charge >= 0.3 is 0 Å². The number of phenolic OH excluding ortho intramolecular Hbond substituents is 1. The highest BCUT2D eigenvalue weighted by Crippen LogP contribution is 2.16. The van der Waals surface area contributed by atoms with E-state index in [1.54, 1.807) is 6.07 Å². The molecule has 0 aromatic heterocycles. The third-order valence-corrected chi connectivity index (χ3v) is 1.78. The molecule has 0 saturated carbocycles. The van der Waals surface area contributed by atoms with E-state index in [2.05, 4.69) is 5.43 Å². The van der Waals surface area contributed by atoms with Crippen LogP contribution in [0.3, 0.4) is 0 Å². The zero-order chi connectivity index (χ0) is 8.97. The Bertz CT molecular complexity index is 250. The second-order valence-corrected chi connectivity index (χ2v) is 2.71. The minimum atomic E-state index is 0.347. The Hall–Kier alpha value is -1.06. The summed E-state index contributed by atoms with van der Waals surface area (Å²) in [6.45, 7) is 0.698. The molecule has 3 nitrogen and oxygen atoms in total. The molecule has 0 radical (unpaired) electrons. The van der Waals surface area contributed by atoms with E-state index in [4.69, 9.17) is 0 Å². The van der Waals surface area contributed by atoms with Gasteiger partial charge in [-0.15, -0.1) is 0 Å². The molecule has 0 aliphatic rings. The van der Waals surface area contributed by atoms with Crippen LogP contribution in [0.1, 0.15) is 5.56 Å². The number of phenols is 1. The molecule has 1 aromatic carbocycles. The molecule has 12 heavy (non-hydrogen) atoms. The van der Waals surface area contributed by atoms with E-state index in [0.717, 1.165) is 5.56 Å². The number of rotatable bonds is 3. The summed E-state index contributed by atoms with van der Waals surface area (Å²) in [7, 11) is 3.77. The molecule has 0 amide bonds. The number of hydrogen-bond acceptors (Lipinski definition) is 3. The van der Waals surface area contributed by atoms with Gasteiger partial charge in [-0.25, -0.2) is 5.01 Å². The lowest BCUT2D eigenvalue weighted by atomic mass is 10.2. The van der Waals surface area contributed by atoms with Crippen molar-refractivity contribution in [2.24, 2.45) is 0 Å². The van der Waals surface area contributed by atoms with Crippen molar-refractivity contribution in [3.8, 4) is 5.75 Å². The van der Waals surface area contributed by atoms with Gasteiger partial charge in [0.25, 0.3) is 0 Å². The molecule has 0 heterocycles. The average Bonchev–Trinajstić information content (AvgIpc) is 2.09. The molecule has 0 atom stereocenters. The van der Waals surface area contributed by atoms with Crippen LogP contribution in [0, 0.1) is 0 Å². The van der Waals surface area contributed by atoms with Crippen molar-refractivity contribution in [2.45, 2.75) is 6.54 Å². The van der Waals surface area contributed by atoms with Crippen LogP contribution in [0.5, 0.6) is 5.75 Å². The second-order valence-electron chi connectivity index (χ2n) is 2.71. The number of benzene rings is 1. The monoisotopic (exact) mass is 166 g/mol. The zero-order valence-electron chi connectivity index (χ0n) is 7.41. The SMILES string of the molecule is CNN(C)Cc1ccccc1O. The lowest BCUT2D eigenvalue weighted by molar-refractivity contribution is 0.248. The Labute approximate surface area is 72.6 Å². The summed E-state index contributed by atoms with van der Waals surface area (Å²) in [5.74, 6) is 0.347. The van der Waals surface area contributed by atoms with E-state index >= 15 is 0 Å². The van der Waals surface area contributed by atoms with Gasteiger partial charge in [-0.3, -0.25) is 5.43 Å². The van der Waals surface area contributed by atoms with Gasteiger partial charge in [0.2, 0.25) is 0 Å². The van der Waals surface area contributed by atoms with Crippen molar-refractivity contribution in [1.82, 2.24) is 10.4 Å². The van der Waals surface area contributed by atoms with Crippen molar-refractivity contribution < 1.29 is 5.11 Å². The molecular formula is C9H14N2O. The minimum absolute atomic E-state index is 0.347. The summed E-state index contributed by atoms with van der Waals surface area (Å²) in [5, 5.41) is 11.3. The molecule has 0 unspecified atom stereocenters. The highest BCUT2D eigenvalue weighted by atomic mass is 16.3. The molecular weight excluding hydrogens is 152 g/mol. The van der Waals surface area contributed by atoms with Crippen LogP contribution in [-0.2, 0) is 6.54 Å². The Morgan fingerprint density at radius 1 is 1.42 bits per heavy atom. The van der Waals surface area contributed by atoms with Crippen LogP contribution in [-0.4, -0.2) is 24.2 Å². The third-order valence-electron chi connectivity index (χ3n) is 1.78. The first-order chi connectivity index (χ1) is 5.74. The Morgan fingerprint density at radius 2 is 2.08 bits per heavy atom. The molecule has 0 aliphatic heterocycles. The van der Waals surface area contributed by atoms with Crippen LogP contribution in [0.4, 0.5) is 0 Å². The Morgan fingerprint density at radius 3 is 2.67 bits per heavy atom. The largest absolute Gasteiger partial charge is 0.508 e. The number of nitrogens with zero attached hydrogens (tertiary/aromatic N) is 1. The summed E-state index contributed by atoms with van der Waals surface area (Å²) in [5.41, 5.74) is 3.89. The van der Waals surface area contributed by atoms with Crippen molar-refractivity contribution in [2.75, 3.05) is 14.1 Å². The molecule has 66 valence electrons. The molecule has 0 bridgehead atoms. The average molecular weight is 166 g/mol. The van der Waals surface area contributed by atoms with Gasteiger partial charge in [-0.1, -0.05) is 18.2 Å². The molecule has 0 aliphatic carbocycles. The van der Waals surface area contributed by atoms with Crippen molar-refractivity contribution in [3.05, 3.63) is 29.8 Å². The van der Waals surface area contributed by atoms with Crippen molar-refractivity contribution >= 4 is 0 Å². The van der Waals surface area contributed by atoms with E-state index in [9.17, 15) is 5.11 Å². The lowest BCUT2D eigenvalue weighted by Gasteiger charge is -2.15. The van der Waals surface area contributed by atoms with Gasteiger partial charge in [0, 0.05) is 19.2 Å². The summed E-state index contributed by atoms with van der Waals surface area (Å²) >= 11 is 0. The van der Waals surface area contributed by atoms with E-state index in [1.807, 2.05) is 37.3 Å². The maximum Gasteiger partial charge on any atom is 0.120 e. The molecule has 0 fully saturated rings. The second kappa shape index (κ2) is 4.09. The molecule has 1 aromatic rings. The third kappa shape index (κ3) is 2.22. The zero-order valence-corrected chi connectivity index (χ0v) is 7.41. The topological polar surface area (TPSA) is 35.5 Å². The summed E-state index contributed by atoms with van der Waals surface area (Å²) < 4.78 is 0. The van der Waals surface area contributed by atoms with E-state index in [1.165, 1.54) is 0 Å². The fourth-order valence-corrected chi connectivity index (χ4v) is 0.979. The molecule has 0 saturated heterocycles. The Kier molecular flexibility index (Phi) is 3.08. The van der Waals surface area contributed by atoms with E-state index in [0.29, 0.717) is 12.3 Å². The van der Waals surface area contributed by atoms with Gasteiger partial charge in [0.05, 0.1) is 0 Å². The van der Waals surface area contributed by atoms with Gasteiger partial charge < -0.3 is 5.11 Å². The van der Waals surface area contributed by atoms with E-state index in [-0.39, 0.29) is 0 Å². The van der Waals surface area contributed by atoms with Crippen molar-refractivity contribution in [3.63, 3.8) is 0 Å². The van der Waals surface area contributed by atoms with Gasteiger partial charge in [-0.05, 0) is 13.1 Å². The molecule has 2 N–H and O–H groups in total. The number of aromatic hydroxyl groups is 1. The normalized spacial score (nSPS) is 10.6. The Balaban J connectivity index is 2.69. The first-order valence-electron chi connectivity index (χ1n) is 3.89. The minimum Gasteiger partial charge on any atom is -0.508 e. The maximum atomic E-state index is 9.40. The standard InChI is InChI=1S/C9H14N2O/c1-10-11(2)7-8-5-3-4-6-9(8)12/h3-6,10,12H,7H2,1-2H3. The maximum absolute atomic E-state index is 9.40. The number of nitrogens with one attached hydrogen (secondary N) is 1. The first-order valence-corrected chi connectivity index (χ1v) is 3.89. The van der Waals surface area contributed by atoms with Gasteiger partial charge in [0.15, 0.2) is 0 Å². The molecule has 1 rings (SSSR count). The van der Waals surface area contributed by atoms with Crippen LogP contribution in [0.15, 0.2) is 24.3 Å². The lowest BCUT2D eigenvalue weighted by Crippen LogP contribution is -2.29. The number of hydrazine groups is 1. The number of hydrogen-bond donors (Lipinski definition) is 2. The molecule has 0 spiro atoms. The van der Waals surface area contributed by atoms with Crippen LogP contribution in [0.2, 0.25) is 0 Å². The van der Waals surface area contributed by atoms with Crippen LogP contribution in [0.25, 0.3) is 0 Å². The van der Waals surface area contributed by atoms with Crippen molar-refractivity contribution in [1.29, 1.82) is 0 Å². The van der Waals surface area contributed by atoms with Crippen LogP contribution < -0.4 is 5.43 Å². The fraction of sp³-hybridized carbons (Fsp3) is 0.333. The summed E-state index contributed by atoms with van der Waals surface area (Å²) in [4.78, 5) is 0.